The normalized spacial score (nSPS) is 12.8. The molecule has 0 amide bonds. The van der Waals surface area contributed by atoms with Crippen molar-refractivity contribution in [2.45, 2.75) is 9.79 Å². The minimum Gasteiger partial charge on any atom is -0.311 e. The Morgan fingerprint density at radius 3 is 1.82 bits per heavy atom. The Morgan fingerprint density at radius 2 is 1.10 bits per heavy atom. The van der Waals surface area contributed by atoms with Crippen LogP contribution in [0, 0.1) is 0 Å². The molecule has 0 spiro atoms. The molecule has 188 valence electrons. The van der Waals surface area contributed by atoms with Gasteiger partial charge >= 0.3 is 0 Å². The van der Waals surface area contributed by atoms with E-state index in [1.165, 1.54) is 48.9 Å². The van der Waals surface area contributed by atoms with Crippen LogP contribution in [0.3, 0.4) is 0 Å². The van der Waals surface area contributed by atoms with Crippen molar-refractivity contribution in [3.63, 3.8) is 0 Å². The molecule has 0 N–H and O–H groups in total. The van der Waals surface area contributed by atoms with Crippen molar-refractivity contribution in [3.8, 4) is 0 Å². The van der Waals surface area contributed by atoms with Gasteiger partial charge in [-0.1, -0.05) is 102 Å². The molecule has 6 aromatic carbocycles. The van der Waals surface area contributed by atoms with Crippen LogP contribution in [-0.2, 0) is 0 Å². The van der Waals surface area contributed by atoms with Crippen LogP contribution in [-0.4, -0.2) is 6.71 Å². The molecular formula is C36H25BN2S. The minimum atomic E-state index is 0.189. The second kappa shape index (κ2) is 9.51. The Morgan fingerprint density at radius 1 is 0.475 bits per heavy atom. The summed E-state index contributed by atoms with van der Waals surface area (Å²) in [6.07, 6.45) is 0. The van der Waals surface area contributed by atoms with Crippen molar-refractivity contribution in [2.75, 3.05) is 9.80 Å². The van der Waals surface area contributed by atoms with Gasteiger partial charge in [-0.25, -0.2) is 0 Å². The van der Waals surface area contributed by atoms with Crippen molar-refractivity contribution in [1.29, 1.82) is 0 Å². The molecule has 0 fully saturated rings. The first kappa shape index (κ1) is 23.2. The van der Waals surface area contributed by atoms with E-state index in [1.807, 2.05) is 11.8 Å². The maximum Gasteiger partial charge on any atom is 0.249 e. The lowest BCUT2D eigenvalue weighted by molar-refractivity contribution is 1.25. The van der Waals surface area contributed by atoms with E-state index in [9.17, 15) is 0 Å². The van der Waals surface area contributed by atoms with Crippen LogP contribution in [0.5, 0.6) is 0 Å². The van der Waals surface area contributed by atoms with Crippen LogP contribution in [0.15, 0.2) is 161 Å². The van der Waals surface area contributed by atoms with Gasteiger partial charge in [0, 0.05) is 43.9 Å². The average molecular weight is 528 g/mol. The highest BCUT2D eigenvalue weighted by Crippen LogP contribution is 2.43. The molecule has 6 aromatic rings. The van der Waals surface area contributed by atoms with Gasteiger partial charge in [-0.3, -0.25) is 0 Å². The maximum absolute atomic E-state index is 2.43. The monoisotopic (exact) mass is 528 g/mol. The standard InChI is InChI=1S/C36H25BN2S/c1-4-13-26(14-5-1)38(27-15-6-2-7-16-27)29-23-24-31-35(25-29)40-34-22-12-21-33-36(34)37(31)30-19-10-11-20-32(30)39(33)28-17-8-3-9-18-28/h1-25H. The Hall–Kier alpha value is -4.67. The van der Waals surface area contributed by atoms with Crippen molar-refractivity contribution in [1.82, 2.24) is 0 Å². The summed E-state index contributed by atoms with van der Waals surface area (Å²) in [7, 11) is 0. The molecule has 0 saturated heterocycles. The zero-order valence-electron chi connectivity index (χ0n) is 21.8. The van der Waals surface area contributed by atoms with E-state index in [0.717, 1.165) is 11.4 Å². The van der Waals surface area contributed by atoms with Gasteiger partial charge in [0.15, 0.2) is 0 Å². The fourth-order valence-corrected chi connectivity index (χ4v) is 7.41. The number of hydrogen-bond donors (Lipinski definition) is 0. The molecule has 2 aliphatic heterocycles. The Kier molecular flexibility index (Phi) is 5.53. The van der Waals surface area contributed by atoms with Gasteiger partial charge in [0.2, 0.25) is 6.71 Å². The van der Waals surface area contributed by atoms with E-state index in [2.05, 4.69) is 161 Å². The maximum atomic E-state index is 2.43. The van der Waals surface area contributed by atoms with E-state index in [1.54, 1.807) is 0 Å². The quantitative estimate of drug-likeness (QED) is 0.214. The summed E-state index contributed by atoms with van der Waals surface area (Å²) >= 11 is 1.89. The first-order valence-electron chi connectivity index (χ1n) is 13.7. The third kappa shape index (κ3) is 3.68. The summed E-state index contributed by atoms with van der Waals surface area (Å²) in [4.78, 5) is 7.41. The highest BCUT2D eigenvalue weighted by Gasteiger charge is 2.40. The van der Waals surface area contributed by atoms with E-state index in [0.29, 0.717) is 0 Å². The molecule has 0 radical (unpaired) electrons. The Labute approximate surface area is 239 Å². The molecule has 2 heterocycles. The molecule has 4 heteroatoms. The number of hydrogen-bond acceptors (Lipinski definition) is 3. The van der Waals surface area contributed by atoms with Gasteiger partial charge in [-0.15, -0.1) is 0 Å². The van der Waals surface area contributed by atoms with Crippen molar-refractivity contribution in [3.05, 3.63) is 152 Å². The first-order chi connectivity index (χ1) is 19.9. The van der Waals surface area contributed by atoms with Crippen molar-refractivity contribution in [2.24, 2.45) is 0 Å². The summed E-state index contributed by atoms with van der Waals surface area (Å²) in [5.74, 6) is 0. The van der Waals surface area contributed by atoms with Crippen LogP contribution in [0.25, 0.3) is 0 Å². The fourth-order valence-electron chi connectivity index (χ4n) is 6.21. The molecule has 0 unspecified atom stereocenters. The largest absolute Gasteiger partial charge is 0.311 e. The molecule has 2 aliphatic rings. The number of para-hydroxylation sites is 4. The van der Waals surface area contributed by atoms with Crippen molar-refractivity contribution < 1.29 is 0 Å². The molecule has 0 bridgehead atoms. The summed E-state index contributed by atoms with van der Waals surface area (Å²) < 4.78 is 0. The number of rotatable bonds is 4. The van der Waals surface area contributed by atoms with Crippen LogP contribution >= 0.6 is 11.8 Å². The van der Waals surface area contributed by atoms with Crippen molar-refractivity contribution >= 4 is 69.0 Å². The van der Waals surface area contributed by atoms with Crippen LogP contribution in [0.4, 0.5) is 34.1 Å². The molecule has 0 atom stereocenters. The lowest BCUT2D eigenvalue weighted by Gasteiger charge is -2.40. The van der Waals surface area contributed by atoms with E-state index in [4.69, 9.17) is 0 Å². The van der Waals surface area contributed by atoms with Crippen LogP contribution in [0.1, 0.15) is 0 Å². The van der Waals surface area contributed by atoms with Crippen LogP contribution in [0.2, 0.25) is 0 Å². The Balaban J connectivity index is 1.31. The molecule has 0 aliphatic carbocycles. The van der Waals surface area contributed by atoms with E-state index < -0.39 is 0 Å². The minimum absolute atomic E-state index is 0.189. The molecule has 2 nitrogen and oxygen atoms in total. The van der Waals surface area contributed by atoms with Gasteiger partial charge in [-0.2, -0.15) is 0 Å². The van der Waals surface area contributed by atoms with E-state index >= 15 is 0 Å². The Bertz CT molecular complexity index is 1800. The highest BCUT2D eigenvalue weighted by atomic mass is 32.2. The average Bonchev–Trinajstić information content (AvgIpc) is 3.02. The van der Waals surface area contributed by atoms with Gasteiger partial charge in [0.05, 0.1) is 0 Å². The topological polar surface area (TPSA) is 6.48 Å². The predicted molar refractivity (Wildman–Crippen MR) is 171 cm³/mol. The fraction of sp³-hybridized carbons (Fsp3) is 0. The van der Waals surface area contributed by atoms with E-state index in [-0.39, 0.29) is 6.71 Å². The number of benzene rings is 6. The summed E-state index contributed by atoms with van der Waals surface area (Å²) in [6.45, 7) is 0.189. The number of fused-ring (bicyclic) bond motifs is 4. The van der Waals surface area contributed by atoms with Gasteiger partial charge < -0.3 is 9.80 Å². The summed E-state index contributed by atoms with van der Waals surface area (Å²) in [6, 6.07) is 54.7. The van der Waals surface area contributed by atoms with Gasteiger partial charge in [0.1, 0.15) is 0 Å². The zero-order chi connectivity index (χ0) is 26.5. The third-order valence-electron chi connectivity index (χ3n) is 7.89. The van der Waals surface area contributed by atoms with Crippen LogP contribution < -0.4 is 26.2 Å². The predicted octanol–water partition coefficient (Wildman–Crippen LogP) is 7.92. The smallest absolute Gasteiger partial charge is 0.249 e. The molecule has 8 rings (SSSR count). The SMILES string of the molecule is c1ccc(N(c2ccccc2)c2ccc3c(c2)Sc2cccc4c2B3c2ccccc2N4c2ccccc2)cc1. The number of anilines is 6. The second-order valence-electron chi connectivity index (χ2n) is 10.2. The van der Waals surface area contributed by atoms with Gasteiger partial charge in [0.25, 0.3) is 0 Å². The van der Waals surface area contributed by atoms with Gasteiger partial charge in [-0.05, 0) is 77.7 Å². The second-order valence-corrected chi connectivity index (χ2v) is 11.3. The zero-order valence-corrected chi connectivity index (χ0v) is 22.6. The summed E-state index contributed by atoms with van der Waals surface area (Å²) in [5.41, 5.74) is 11.3. The molecular weight excluding hydrogens is 503 g/mol. The third-order valence-corrected chi connectivity index (χ3v) is 9.04. The summed E-state index contributed by atoms with van der Waals surface area (Å²) in [5, 5.41) is 0. The molecule has 0 aromatic heterocycles. The number of nitrogens with zero attached hydrogens (tertiary/aromatic N) is 2. The molecule has 0 saturated carbocycles. The highest BCUT2D eigenvalue weighted by molar-refractivity contribution is 8.00. The first-order valence-corrected chi connectivity index (χ1v) is 14.5. The molecule has 40 heavy (non-hydrogen) atoms. The lowest BCUT2D eigenvalue weighted by Crippen LogP contribution is -2.59. The lowest BCUT2D eigenvalue weighted by atomic mass is 9.35.